The van der Waals surface area contributed by atoms with Crippen LogP contribution in [-0.4, -0.2) is 12.4 Å². The zero-order valence-electron chi connectivity index (χ0n) is 8.55. The normalized spacial score (nSPS) is 10.2. The Labute approximate surface area is 98.4 Å². The van der Waals surface area contributed by atoms with Crippen molar-refractivity contribution in [2.75, 3.05) is 12.4 Å². The molecule has 78 valence electrons. The maximum absolute atomic E-state index is 5.44. The third-order valence-corrected chi connectivity index (χ3v) is 3.33. The smallest absolute Gasteiger partial charge is 0.133 e. The Morgan fingerprint density at radius 2 is 2.14 bits per heavy atom. The van der Waals surface area contributed by atoms with E-state index in [0.29, 0.717) is 6.61 Å². The Hall–Kier alpha value is -0.150. The highest BCUT2D eigenvalue weighted by Gasteiger charge is 2.01. The van der Waals surface area contributed by atoms with Crippen molar-refractivity contribution in [3.8, 4) is 5.75 Å². The van der Waals surface area contributed by atoms with Gasteiger partial charge < -0.3 is 4.74 Å². The molecule has 0 aliphatic heterocycles. The second-order valence-corrected chi connectivity index (χ2v) is 4.96. The molecule has 0 radical (unpaired) electrons. The highest BCUT2D eigenvalue weighted by Crippen LogP contribution is 2.27. The van der Waals surface area contributed by atoms with E-state index < -0.39 is 0 Å². The van der Waals surface area contributed by atoms with Gasteiger partial charge in [0.25, 0.3) is 0 Å². The molecule has 0 saturated heterocycles. The zero-order chi connectivity index (χ0) is 10.4. The second kappa shape index (κ2) is 6.36. The van der Waals surface area contributed by atoms with E-state index in [2.05, 4.69) is 35.0 Å². The van der Waals surface area contributed by atoms with Gasteiger partial charge in [-0.2, -0.15) is 11.8 Å². The maximum atomic E-state index is 5.44. The molecule has 3 heteroatoms. The fourth-order valence-corrected chi connectivity index (χ4v) is 2.29. The molecule has 14 heavy (non-hydrogen) atoms. The van der Waals surface area contributed by atoms with Crippen LogP contribution in [0.4, 0.5) is 0 Å². The summed E-state index contributed by atoms with van der Waals surface area (Å²) in [6, 6.07) is 6.28. The molecule has 0 spiro atoms. The largest absolute Gasteiger partial charge is 0.493 e. The Balaban J connectivity index is 2.68. The topological polar surface area (TPSA) is 9.23 Å². The molecule has 0 N–H and O–H groups in total. The molecule has 0 fully saturated rings. The maximum Gasteiger partial charge on any atom is 0.133 e. The highest BCUT2D eigenvalue weighted by molar-refractivity contribution is 9.10. The van der Waals surface area contributed by atoms with Crippen LogP contribution in [0.5, 0.6) is 5.75 Å². The lowest BCUT2D eigenvalue weighted by Crippen LogP contribution is -1.93. The van der Waals surface area contributed by atoms with Gasteiger partial charge in [-0.05, 0) is 46.3 Å². The summed E-state index contributed by atoms with van der Waals surface area (Å²) >= 11 is 5.43. The number of benzene rings is 1. The average molecular weight is 275 g/mol. The van der Waals surface area contributed by atoms with Crippen molar-refractivity contribution in [3.05, 3.63) is 28.2 Å². The van der Waals surface area contributed by atoms with Gasteiger partial charge in [0.15, 0.2) is 0 Å². The van der Waals surface area contributed by atoms with Crippen LogP contribution >= 0.6 is 27.7 Å². The zero-order valence-corrected chi connectivity index (χ0v) is 11.0. The summed E-state index contributed by atoms with van der Waals surface area (Å²) in [5, 5.41) is 0. The lowest BCUT2D eigenvalue weighted by Gasteiger charge is -2.07. The van der Waals surface area contributed by atoms with Crippen molar-refractivity contribution < 1.29 is 4.74 Å². The van der Waals surface area contributed by atoms with Crippen LogP contribution in [-0.2, 0) is 5.75 Å². The minimum Gasteiger partial charge on any atom is -0.493 e. The van der Waals surface area contributed by atoms with Crippen molar-refractivity contribution in [1.29, 1.82) is 0 Å². The van der Waals surface area contributed by atoms with Crippen LogP contribution in [0.2, 0.25) is 0 Å². The molecular weight excluding hydrogens is 260 g/mol. The monoisotopic (exact) mass is 274 g/mol. The Morgan fingerprint density at radius 1 is 1.36 bits per heavy atom. The molecule has 1 nitrogen and oxygen atoms in total. The number of hydrogen-bond donors (Lipinski definition) is 0. The van der Waals surface area contributed by atoms with Gasteiger partial charge >= 0.3 is 0 Å². The molecule has 1 aromatic rings. The SMILES string of the molecule is CCOc1ccc(CSCC)cc1Br. The highest BCUT2D eigenvalue weighted by atomic mass is 79.9. The Kier molecular flexibility index (Phi) is 5.41. The van der Waals surface area contributed by atoms with Crippen molar-refractivity contribution in [2.45, 2.75) is 19.6 Å². The summed E-state index contributed by atoms with van der Waals surface area (Å²) in [7, 11) is 0. The summed E-state index contributed by atoms with van der Waals surface area (Å²) in [5.74, 6) is 3.16. The van der Waals surface area contributed by atoms with E-state index in [-0.39, 0.29) is 0 Å². The first-order valence-corrected chi connectivity index (χ1v) is 6.71. The summed E-state index contributed by atoms with van der Waals surface area (Å²) in [6.45, 7) is 4.88. The lowest BCUT2D eigenvalue weighted by atomic mass is 10.2. The van der Waals surface area contributed by atoms with Crippen molar-refractivity contribution in [2.24, 2.45) is 0 Å². The Bertz CT molecular complexity index is 289. The molecule has 1 aromatic carbocycles. The molecule has 0 aliphatic rings. The van der Waals surface area contributed by atoms with Crippen molar-refractivity contribution >= 4 is 27.7 Å². The van der Waals surface area contributed by atoms with Crippen LogP contribution in [0.15, 0.2) is 22.7 Å². The molecule has 0 bridgehead atoms. The minimum absolute atomic E-state index is 0.710. The van der Waals surface area contributed by atoms with E-state index in [0.717, 1.165) is 21.7 Å². The van der Waals surface area contributed by atoms with Gasteiger partial charge in [0.1, 0.15) is 5.75 Å². The number of halogens is 1. The first-order valence-electron chi connectivity index (χ1n) is 4.76. The number of hydrogen-bond acceptors (Lipinski definition) is 2. The fourth-order valence-electron chi connectivity index (χ4n) is 1.13. The molecule has 0 aromatic heterocycles. The third kappa shape index (κ3) is 3.54. The Morgan fingerprint density at radius 3 is 2.71 bits per heavy atom. The van der Waals surface area contributed by atoms with Gasteiger partial charge in [-0.1, -0.05) is 13.0 Å². The first kappa shape index (κ1) is 11.9. The minimum atomic E-state index is 0.710. The van der Waals surface area contributed by atoms with E-state index >= 15 is 0 Å². The summed E-state index contributed by atoms with van der Waals surface area (Å²) < 4.78 is 6.49. The third-order valence-electron chi connectivity index (χ3n) is 1.77. The van der Waals surface area contributed by atoms with E-state index in [1.807, 2.05) is 24.8 Å². The van der Waals surface area contributed by atoms with Gasteiger partial charge in [0.05, 0.1) is 11.1 Å². The molecule has 0 atom stereocenters. The van der Waals surface area contributed by atoms with E-state index in [1.54, 1.807) is 0 Å². The number of ether oxygens (including phenoxy) is 1. The molecule has 0 saturated carbocycles. The summed E-state index contributed by atoms with van der Waals surface area (Å²) in [5.41, 5.74) is 1.34. The van der Waals surface area contributed by atoms with Gasteiger partial charge in [0, 0.05) is 5.75 Å². The van der Waals surface area contributed by atoms with Gasteiger partial charge in [0.2, 0.25) is 0 Å². The number of thioether (sulfide) groups is 1. The van der Waals surface area contributed by atoms with Crippen molar-refractivity contribution in [1.82, 2.24) is 0 Å². The standard InChI is InChI=1S/C11H15BrOS/c1-3-13-11-6-5-9(7-10(11)12)8-14-4-2/h5-7H,3-4,8H2,1-2H3. The van der Waals surface area contributed by atoms with E-state index in [1.165, 1.54) is 5.56 Å². The molecule has 0 heterocycles. The lowest BCUT2D eigenvalue weighted by molar-refractivity contribution is 0.338. The van der Waals surface area contributed by atoms with Gasteiger partial charge in [-0.15, -0.1) is 0 Å². The average Bonchev–Trinajstić information content (AvgIpc) is 2.19. The van der Waals surface area contributed by atoms with Gasteiger partial charge in [-0.25, -0.2) is 0 Å². The van der Waals surface area contributed by atoms with Gasteiger partial charge in [-0.3, -0.25) is 0 Å². The van der Waals surface area contributed by atoms with Crippen LogP contribution in [0, 0.1) is 0 Å². The first-order chi connectivity index (χ1) is 6.77. The predicted octanol–water partition coefficient (Wildman–Crippen LogP) is 4.10. The van der Waals surface area contributed by atoms with E-state index in [4.69, 9.17) is 4.74 Å². The van der Waals surface area contributed by atoms with Crippen LogP contribution in [0.3, 0.4) is 0 Å². The second-order valence-electron chi connectivity index (χ2n) is 2.83. The summed E-state index contributed by atoms with van der Waals surface area (Å²) in [6.07, 6.45) is 0. The predicted molar refractivity (Wildman–Crippen MR) is 67.1 cm³/mol. The molecule has 0 aliphatic carbocycles. The fraction of sp³-hybridized carbons (Fsp3) is 0.455. The molecule has 0 unspecified atom stereocenters. The van der Waals surface area contributed by atoms with Crippen molar-refractivity contribution in [3.63, 3.8) is 0 Å². The summed E-state index contributed by atoms with van der Waals surface area (Å²) in [4.78, 5) is 0. The molecular formula is C11H15BrOS. The molecule has 0 amide bonds. The van der Waals surface area contributed by atoms with Crippen LogP contribution in [0.25, 0.3) is 0 Å². The quantitative estimate of drug-likeness (QED) is 0.800. The molecule has 1 rings (SSSR count). The number of rotatable bonds is 5. The van der Waals surface area contributed by atoms with Crippen LogP contribution in [0.1, 0.15) is 19.4 Å². The van der Waals surface area contributed by atoms with E-state index in [9.17, 15) is 0 Å². The van der Waals surface area contributed by atoms with Crippen LogP contribution < -0.4 is 4.74 Å².